The summed E-state index contributed by atoms with van der Waals surface area (Å²) in [5.74, 6) is -2.34. The number of carboxylic acids is 1. The summed E-state index contributed by atoms with van der Waals surface area (Å²) in [7, 11) is 0. The fourth-order valence-corrected chi connectivity index (χ4v) is 1.33. The molecule has 0 saturated carbocycles. The van der Waals surface area contributed by atoms with Crippen molar-refractivity contribution in [2.45, 2.75) is 19.1 Å². The average Bonchev–Trinajstić information content (AvgIpc) is 2.54. The summed E-state index contributed by atoms with van der Waals surface area (Å²) in [4.78, 5) is 17.1. The minimum absolute atomic E-state index is 0.179. The SMILES string of the molecule is O=C([O-])C(F)(F)F.OCCC[n+]1ccc(-c2ncccn2)cn1. The van der Waals surface area contributed by atoms with Crippen molar-refractivity contribution in [3.63, 3.8) is 0 Å². The standard InChI is InChI=1S/C11H13N4O.C2HF3O2/c16-8-2-6-15-7-3-10(9-14-15)11-12-4-1-5-13-11;3-2(4,5)1(6)7/h1,3-5,7,9,16H,2,6,8H2;(H,6,7)/q+1;/p-1. The number of aliphatic carboxylic acids is 1. The van der Waals surface area contributed by atoms with Crippen molar-refractivity contribution in [2.24, 2.45) is 0 Å². The summed E-state index contributed by atoms with van der Waals surface area (Å²) in [5.41, 5.74) is 0.890. The molecule has 0 unspecified atom stereocenters. The number of carbonyl (C=O) groups is 1. The monoisotopic (exact) mass is 330 g/mol. The van der Waals surface area contributed by atoms with Crippen molar-refractivity contribution in [3.05, 3.63) is 36.9 Å². The van der Waals surface area contributed by atoms with Gasteiger partial charge < -0.3 is 15.0 Å². The Balaban J connectivity index is 0.000000322. The molecule has 2 aromatic rings. The van der Waals surface area contributed by atoms with Gasteiger partial charge in [-0.1, -0.05) is 4.68 Å². The third kappa shape index (κ3) is 6.78. The van der Waals surface area contributed by atoms with E-state index < -0.39 is 12.1 Å². The van der Waals surface area contributed by atoms with Crippen molar-refractivity contribution in [1.29, 1.82) is 0 Å². The number of rotatable bonds is 4. The molecular formula is C13H13F3N4O3. The second-order valence-corrected chi connectivity index (χ2v) is 4.11. The number of carboxylic acid groups (broad SMARTS) is 1. The van der Waals surface area contributed by atoms with Crippen LogP contribution in [0.4, 0.5) is 13.2 Å². The molecule has 0 aliphatic heterocycles. The summed E-state index contributed by atoms with van der Waals surface area (Å²) in [6.45, 7) is 0.894. The van der Waals surface area contributed by atoms with Gasteiger partial charge in [-0.05, 0) is 11.2 Å². The lowest BCUT2D eigenvalue weighted by molar-refractivity contribution is -0.754. The highest BCUT2D eigenvalue weighted by Gasteiger charge is 2.28. The summed E-state index contributed by atoms with van der Waals surface area (Å²) in [6.07, 6.45) is 2.51. The van der Waals surface area contributed by atoms with Gasteiger partial charge >= 0.3 is 6.18 Å². The van der Waals surface area contributed by atoms with Crippen molar-refractivity contribution in [1.82, 2.24) is 15.1 Å². The largest absolute Gasteiger partial charge is 0.542 e. The highest BCUT2D eigenvalue weighted by Crippen LogP contribution is 2.11. The van der Waals surface area contributed by atoms with Gasteiger partial charge in [0.25, 0.3) is 0 Å². The van der Waals surface area contributed by atoms with E-state index in [1.807, 2.05) is 12.3 Å². The van der Waals surface area contributed by atoms with Crippen LogP contribution in [0.1, 0.15) is 6.42 Å². The Hall–Kier alpha value is -2.62. The third-order valence-corrected chi connectivity index (χ3v) is 2.37. The number of aliphatic hydroxyl groups excluding tert-OH is 1. The van der Waals surface area contributed by atoms with E-state index in [1.165, 1.54) is 0 Å². The Labute approximate surface area is 129 Å². The van der Waals surface area contributed by atoms with Crippen LogP contribution in [0.25, 0.3) is 11.4 Å². The number of halogens is 3. The Kier molecular flexibility index (Phi) is 7.00. The number of aliphatic hydroxyl groups is 1. The summed E-state index contributed by atoms with van der Waals surface area (Å²) >= 11 is 0. The molecule has 7 nitrogen and oxygen atoms in total. The second kappa shape index (κ2) is 8.73. The molecule has 0 bridgehead atoms. The lowest BCUT2D eigenvalue weighted by Crippen LogP contribution is -2.37. The minimum Gasteiger partial charge on any atom is -0.542 e. The minimum atomic E-state index is -5.19. The fourth-order valence-electron chi connectivity index (χ4n) is 1.33. The van der Waals surface area contributed by atoms with Crippen LogP contribution in [0.3, 0.4) is 0 Å². The summed E-state index contributed by atoms with van der Waals surface area (Å²) < 4.78 is 33.3. The molecule has 0 saturated heterocycles. The van der Waals surface area contributed by atoms with E-state index in [0.717, 1.165) is 5.56 Å². The molecule has 1 N–H and O–H groups in total. The molecule has 0 aliphatic carbocycles. The molecule has 0 fully saturated rings. The first-order chi connectivity index (χ1) is 10.8. The summed E-state index contributed by atoms with van der Waals surface area (Å²) in [6, 6.07) is 3.70. The molecule has 10 heteroatoms. The lowest BCUT2D eigenvalue weighted by Gasteiger charge is -2.03. The maximum atomic E-state index is 10.5. The predicted molar refractivity (Wildman–Crippen MR) is 68.2 cm³/mol. The van der Waals surface area contributed by atoms with Gasteiger partial charge in [-0.2, -0.15) is 13.2 Å². The zero-order chi connectivity index (χ0) is 17.3. The molecule has 2 aromatic heterocycles. The molecule has 0 amide bonds. The molecule has 0 aliphatic rings. The zero-order valence-corrected chi connectivity index (χ0v) is 11.8. The van der Waals surface area contributed by atoms with Crippen LogP contribution < -0.4 is 9.79 Å². The van der Waals surface area contributed by atoms with Crippen LogP contribution in [0.15, 0.2) is 36.9 Å². The Morgan fingerprint density at radius 3 is 2.35 bits per heavy atom. The molecule has 23 heavy (non-hydrogen) atoms. The maximum absolute atomic E-state index is 10.5. The first-order valence-corrected chi connectivity index (χ1v) is 6.37. The van der Waals surface area contributed by atoms with Gasteiger partial charge in [-0.15, -0.1) is 0 Å². The molecular weight excluding hydrogens is 317 g/mol. The molecule has 124 valence electrons. The first-order valence-electron chi connectivity index (χ1n) is 6.37. The van der Waals surface area contributed by atoms with Crippen LogP contribution in [0.2, 0.25) is 0 Å². The highest BCUT2D eigenvalue weighted by atomic mass is 19.4. The molecule has 2 heterocycles. The van der Waals surface area contributed by atoms with Crippen molar-refractivity contribution >= 4 is 5.97 Å². The van der Waals surface area contributed by atoms with E-state index in [2.05, 4.69) is 15.1 Å². The number of hydrogen-bond donors (Lipinski definition) is 1. The molecule has 0 radical (unpaired) electrons. The van der Waals surface area contributed by atoms with Crippen LogP contribution in [0.5, 0.6) is 0 Å². The van der Waals surface area contributed by atoms with Crippen molar-refractivity contribution in [2.75, 3.05) is 6.61 Å². The first kappa shape index (κ1) is 18.4. The van der Waals surface area contributed by atoms with Crippen LogP contribution in [0, 0.1) is 0 Å². The van der Waals surface area contributed by atoms with Crippen molar-refractivity contribution in [3.8, 4) is 11.4 Å². The van der Waals surface area contributed by atoms with E-state index in [1.54, 1.807) is 29.3 Å². The number of alkyl halides is 3. The number of nitrogens with zero attached hydrogens (tertiary/aromatic N) is 4. The molecule has 2 rings (SSSR count). The average molecular weight is 330 g/mol. The Morgan fingerprint density at radius 1 is 1.30 bits per heavy atom. The maximum Gasteiger partial charge on any atom is 0.430 e. The quantitative estimate of drug-likeness (QED) is 0.759. The molecule has 0 aromatic carbocycles. The van der Waals surface area contributed by atoms with Crippen molar-refractivity contribution < 1.29 is 32.9 Å². The van der Waals surface area contributed by atoms with Gasteiger partial charge in [0.2, 0.25) is 0 Å². The highest BCUT2D eigenvalue weighted by molar-refractivity contribution is 5.70. The lowest BCUT2D eigenvalue weighted by atomic mass is 10.3. The van der Waals surface area contributed by atoms with E-state index in [9.17, 15) is 13.2 Å². The van der Waals surface area contributed by atoms with Gasteiger partial charge in [0, 0.05) is 37.1 Å². The van der Waals surface area contributed by atoms with Gasteiger partial charge in [0.1, 0.15) is 12.2 Å². The third-order valence-electron chi connectivity index (χ3n) is 2.37. The number of carbonyl (C=O) groups excluding carboxylic acids is 1. The van der Waals surface area contributed by atoms with E-state index in [-0.39, 0.29) is 6.61 Å². The van der Waals surface area contributed by atoms with Gasteiger partial charge in [0.05, 0.1) is 0 Å². The summed E-state index contributed by atoms with van der Waals surface area (Å²) in [5, 5.41) is 21.7. The van der Waals surface area contributed by atoms with Gasteiger partial charge in [0.15, 0.2) is 18.6 Å². The molecule has 0 spiro atoms. The van der Waals surface area contributed by atoms with Gasteiger partial charge in [-0.25, -0.2) is 9.97 Å². The van der Waals surface area contributed by atoms with E-state index in [4.69, 9.17) is 15.0 Å². The van der Waals surface area contributed by atoms with Gasteiger partial charge in [-0.3, -0.25) is 0 Å². The number of aromatic nitrogens is 4. The van der Waals surface area contributed by atoms with Crippen LogP contribution in [-0.2, 0) is 11.3 Å². The predicted octanol–water partition coefficient (Wildman–Crippen LogP) is -0.493. The van der Waals surface area contributed by atoms with Crippen LogP contribution in [-0.4, -0.2) is 38.9 Å². The topological polar surface area (TPSA) is 103 Å². The zero-order valence-electron chi connectivity index (χ0n) is 11.8. The number of hydrogen-bond acceptors (Lipinski definition) is 6. The number of aryl methyl sites for hydroxylation is 1. The van der Waals surface area contributed by atoms with E-state index >= 15 is 0 Å². The fraction of sp³-hybridized carbons (Fsp3) is 0.308. The van der Waals surface area contributed by atoms with E-state index in [0.29, 0.717) is 18.8 Å². The Bertz CT molecular complexity index is 606. The van der Waals surface area contributed by atoms with Crippen LogP contribution >= 0.6 is 0 Å². The Morgan fingerprint density at radius 2 is 1.91 bits per heavy atom. The smallest absolute Gasteiger partial charge is 0.430 e. The normalized spacial score (nSPS) is 10.6. The second-order valence-electron chi connectivity index (χ2n) is 4.11. The molecule has 0 atom stereocenters.